The molecule has 2 aromatic rings. The standard InChI is InChI=1S/C9H13BrN6/c1-5(2)16-9(6(10)3-13-16)8(11)7-4-12-15-14-7/h3-5,8H,11H2,1-2H3,(H,12,14,15). The normalized spacial score (nSPS) is 13.3. The molecule has 86 valence electrons. The largest absolute Gasteiger partial charge is 0.318 e. The Hall–Kier alpha value is -1.21. The van der Waals surface area contributed by atoms with Gasteiger partial charge in [0, 0.05) is 6.04 Å². The summed E-state index contributed by atoms with van der Waals surface area (Å²) in [5.41, 5.74) is 7.74. The summed E-state index contributed by atoms with van der Waals surface area (Å²) >= 11 is 3.45. The molecule has 6 nitrogen and oxygen atoms in total. The Balaban J connectivity index is 2.43. The Morgan fingerprint density at radius 2 is 2.19 bits per heavy atom. The fourth-order valence-electron chi connectivity index (χ4n) is 1.55. The molecule has 0 aliphatic heterocycles. The summed E-state index contributed by atoms with van der Waals surface area (Å²) in [5.74, 6) is 0. The molecule has 0 amide bonds. The molecule has 2 aromatic heterocycles. The fourth-order valence-corrected chi connectivity index (χ4v) is 2.07. The quantitative estimate of drug-likeness (QED) is 0.892. The Kier molecular flexibility index (Phi) is 3.06. The average Bonchev–Trinajstić information content (AvgIpc) is 2.84. The molecule has 2 rings (SSSR count). The van der Waals surface area contributed by atoms with Gasteiger partial charge in [0.25, 0.3) is 0 Å². The molecule has 2 heterocycles. The van der Waals surface area contributed by atoms with Gasteiger partial charge >= 0.3 is 0 Å². The lowest BCUT2D eigenvalue weighted by atomic mass is 10.1. The van der Waals surface area contributed by atoms with Gasteiger partial charge in [-0.05, 0) is 29.8 Å². The number of nitrogens with zero attached hydrogens (tertiary/aromatic N) is 4. The molecule has 0 aliphatic carbocycles. The van der Waals surface area contributed by atoms with Gasteiger partial charge in [-0.25, -0.2) is 0 Å². The van der Waals surface area contributed by atoms with Crippen LogP contribution in [0.2, 0.25) is 0 Å². The zero-order valence-corrected chi connectivity index (χ0v) is 10.6. The number of nitrogens with two attached hydrogens (primary N) is 1. The van der Waals surface area contributed by atoms with Gasteiger partial charge in [-0.1, -0.05) is 0 Å². The van der Waals surface area contributed by atoms with Gasteiger partial charge in [0.05, 0.1) is 28.6 Å². The maximum absolute atomic E-state index is 6.13. The summed E-state index contributed by atoms with van der Waals surface area (Å²) in [6.45, 7) is 4.11. The molecule has 0 bridgehead atoms. The summed E-state index contributed by atoms with van der Waals surface area (Å²) in [7, 11) is 0. The van der Waals surface area contributed by atoms with Crippen LogP contribution in [0.5, 0.6) is 0 Å². The average molecular weight is 285 g/mol. The lowest BCUT2D eigenvalue weighted by molar-refractivity contribution is 0.496. The third kappa shape index (κ3) is 1.88. The maximum Gasteiger partial charge on any atom is 0.105 e. The molecule has 0 radical (unpaired) electrons. The van der Waals surface area contributed by atoms with E-state index in [0.29, 0.717) is 5.69 Å². The molecule has 1 unspecified atom stereocenters. The van der Waals surface area contributed by atoms with Crippen molar-refractivity contribution in [2.75, 3.05) is 0 Å². The predicted molar refractivity (Wildman–Crippen MR) is 62.7 cm³/mol. The van der Waals surface area contributed by atoms with E-state index in [4.69, 9.17) is 5.73 Å². The van der Waals surface area contributed by atoms with E-state index in [0.717, 1.165) is 10.2 Å². The van der Waals surface area contributed by atoms with Crippen LogP contribution in [0, 0.1) is 0 Å². The fraction of sp³-hybridized carbons (Fsp3) is 0.444. The summed E-state index contributed by atoms with van der Waals surface area (Å²) < 4.78 is 2.76. The van der Waals surface area contributed by atoms with Gasteiger partial charge in [0.2, 0.25) is 0 Å². The van der Waals surface area contributed by atoms with Crippen molar-refractivity contribution < 1.29 is 0 Å². The first-order valence-corrected chi connectivity index (χ1v) is 5.74. The smallest absolute Gasteiger partial charge is 0.105 e. The van der Waals surface area contributed by atoms with E-state index in [1.165, 1.54) is 0 Å². The molecular formula is C9H13BrN6. The molecule has 0 saturated carbocycles. The number of hydrogen-bond acceptors (Lipinski definition) is 4. The van der Waals surface area contributed by atoms with Gasteiger partial charge in [0.15, 0.2) is 0 Å². The van der Waals surface area contributed by atoms with Crippen LogP contribution in [0.25, 0.3) is 0 Å². The molecule has 1 atom stereocenters. The van der Waals surface area contributed by atoms with Gasteiger partial charge in [0.1, 0.15) is 5.69 Å². The van der Waals surface area contributed by atoms with Gasteiger partial charge in [-0.15, -0.1) is 0 Å². The predicted octanol–water partition coefficient (Wildman–Crippen LogP) is 1.39. The van der Waals surface area contributed by atoms with Crippen molar-refractivity contribution in [2.45, 2.75) is 25.9 Å². The third-order valence-corrected chi connectivity index (χ3v) is 2.93. The number of halogens is 1. The Morgan fingerprint density at radius 3 is 2.75 bits per heavy atom. The Morgan fingerprint density at radius 1 is 1.44 bits per heavy atom. The van der Waals surface area contributed by atoms with Crippen LogP contribution in [-0.4, -0.2) is 25.2 Å². The number of nitrogens with one attached hydrogen (secondary N) is 1. The molecule has 0 spiro atoms. The maximum atomic E-state index is 6.13. The van der Waals surface area contributed by atoms with Crippen molar-refractivity contribution in [3.8, 4) is 0 Å². The highest BCUT2D eigenvalue weighted by atomic mass is 79.9. The SMILES string of the molecule is CC(C)n1ncc(Br)c1C(N)c1cn[nH]n1. The first-order valence-electron chi connectivity index (χ1n) is 4.95. The van der Waals surface area contributed by atoms with Crippen LogP contribution in [-0.2, 0) is 0 Å². The van der Waals surface area contributed by atoms with Crippen LogP contribution in [0.4, 0.5) is 0 Å². The number of hydrogen-bond donors (Lipinski definition) is 2. The number of aromatic amines is 1. The van der Waals surface area contributed by atoms with Crippen LogP contribution in [0.3, 0.4) is 0 Å². The van der Waals surface area contributed by atoms with Crippen molar-refractivity contribution in [2.24, 2.45) is 5.73 Å². The monoisotopic (exact) mass is 284 g/mol. The van der Waals surface area contributed by atoms with Crippen LogP contribution < -0.4 is 5.73 Å². The van der Waals surface area contributed by atoms with Crippen LogP contribution in [0.15, 0.2) is 16.9 Å². The molecule has 0 fully saturated rings. The van der Waals surface area contributed by atoms with Crippen molar-refractivity contribution in [3.63, 3.8) is 0 Å². The Labute approximate surface area is 101 Å². The number of rotatable bonds is 3. The lowest BCUT2D eigenvalue weighted by Crippen LogP contribution is -2.19. The number of H-pyrrole nitrogens is 1. The van der Waals surface area contributed by atoms with Crippen molar-refractivity contribution >= 4 is 15.9 Å². The molecule has 7 heteroatoms. The molecule has 16 heavy (non-hydrogen) atoms. The summed E-state index contributed by atoms with van der Waals surface area (Å²) in [6.07, 6.45) is 3.37. The Bertz CT molecular complexity index is 460. The highest BCUT2D eigenvalue weighted by Crippen LogP contribution is 2.27. The van der Waals surface area contributed by atoms with E-state index < -0.39 is 0 Å². The summed E-state index contributed by atoms with van der Waals surface area (Å²) in [5, 5.41) is 14.6. The lowest BCUT2D eigenvalue weighted by Gasteiger charge is -2.15. The van der Waals surface area contributed by atoms with Gasteiger partial charge in [-0.2, -0.15) is 20.5 Å². The molecule has 3 N–H and O–H groups in total. The third-order valence-electron chi connectivity index (χ3n) is 2.32. The van der Waals surface area contributed by atoms with Crippen LogP contribution in [0.1, 0.15) is 37.3 Å². The summed E-state index contributed by atoms with van der Waals surface area (Å²) in [4.78, 5) is 0. The molecular weight excluding hydrogens is 272 g/mol. The summed E-state index contributed by atoms with van der Waals surface area (Å²) in [6, 6.07) is -0.0859. The van der Waals surface area contributed by atoms with Crippen molar-refractivity contribution in [3.05, 3.63) is 28.3 Å². The van der Waals surface area contributed by atoms with Gasteiger partial charge < -0.3 is 5.73 Å². The second-order valence-electron chi connectivity index (χ2n) is 3.79. The molecule has 0 saturated heterocycles. The zero-order valence-electron chi connectivity index (χ0n) is 9.05. The first-order chi connectivity index (χ1) is 7.61. The zero-order chi connectivity index (χ0) is 11.7. The van der Waals surface area contributed by atoms with E-state index in [9.17, 15) is 0 Å². The topological polar surface area (TPSA) is 85.4 Å². The highest BCUT2D eigenvalue weighted by Gasteiger charge is 2.21. The molecule has 0 aliphatic rings. The minimum absolute atomic E-state index is 0.249. The first kappa shape index (κ1) is 11.3. The second-order valence-corrected chi connectivity index (χ2v) is 4.64. The molecule has 0 aromatic carbocycles. The van der Waals surface area contributed by atoms with E-state index in [1.807, 2.05) is 4.68 Å². The van der Waals surface area contributed by atoms with E-state index in [1.54, 1.807) is 12.4 Å². The van der Waals surface area contributed by atoms with E-state index in [-0.39, 0.29) is 12.1 Å². The van der Waals surface area contributed by atoms with Gasteiger partial charge in [-0.3, -0.25) is 4.68 Å². The minimum atomic E-state index is -0.335. The highest BCUT2D eigenvalue weighted by molar-refractivity contribution is 9.10. The number of aromatic nitrogens is 5. The second kappa shape index (κ2) is 4.34. The van der Waals surface area contributed by atoms with Crippen molar-refractivity contribution in [1.29, 1.82) is 0 Å². The van der Waals surface area contributed by atoms with E-state index in [2.05, 4.69) is 50.3 Å². The van der Waals surface area contributed by atoms with Crippen LogP contribution >= 0.6 is 15.9 Å². The van der Waals surface area contributed by atoms with E-state index >= 15 is 0 Å². The minimum Gasteiger partial charge on any atom is -0.318 e. The van der Waals surface area contributed by atoms with Crippen molar-refractivity contribution in [1.82, 2.24) is 25.2 Å².